The van der Waals surface area contributed by atoms with E-state index in [1.54, 1.807) is 24.3 Å². The summed E-state index contributed by atoms with van der Waals surface area (Å²) in [5.74, 6) is 0.396. The third-order valence-corrected chi connectivity index (χ3v) is 6.60. The molecular weight excluding hydrogens is 428 g/mol. The van der Waals surface area contributed by atoms with Gasteiger partial charge in [-0.1, -0.05) is 38.6 Å². The molecule has 3 rings (SSSR count). The van der Waals surface area contributed by atoms with Crippen LogP contribution in [0.15, 0.2) is 48.0 Å². The molecule has 32 heavy (non-hydrogen) atoms. The van der Waals surface area contributed by atoms with Crippen molar-refractivity contribution in [2.45, 2.75) is 51.2 Å². The second-order valence-corrected chi connectivity index (χ2v) is 9.87. The van der Waals surface area contributed by atoms with Crippen LogP contribution in [0.3, 0.4) is 0 Å². The molecule has 0 aliphatic carbocycles. The number of imidazole rings is 1. The summed E-state index contributed by atoms with van der Waals surface area (Å²) in [6, 6.07) is 5.70. The van der Waals surface area contributed by atoms with E-state index in [1.807, 2.05) is 33.0 Å². The van der Waals surface area contributed by atoms with Gasteiger partial charge in [0.25, 0.3) is 0 Å². The van der Waals surface area contributed by atoms with E-state index >= 15 is 0 Å². The Morgan fingerprint density at radius 2 is 2.06 bits per heavy atom. The van der Waals surface area contributed by atoms with Gasteiger partial charge in [-0.15, -0.1) is 0 Å². The van der Waals surface area contributed by atoms with Gasteiger partial charge in [-0.2, -0.15) is 4.72 Å². The van der Waals surface area contributed by atoms with Crippen molar-refractivity contribution in [1.29, 1.82) is 0 Å². The minimum atomic E-state index is -3.89. The number of hydrogen-bond donors (Lipinski definition) is 2. The van der Waals surface area contributed by atoms with Crippen LogP contribution in [0.2, 0.25) is 0 Å². The molecule has 2 heterocycles. The van der Waals surface area contributed by atoms with Crippen LogP contribution in [0.25, 0.3) is 6.08 Å². The first-order valence-electron chi connectivity index (χ1n) is 10.6. The number of rotatable bonds is 10. The molecule has 1 aromatic carbocycles. The summed E-state index contributed by atoms with van der Waals surface area (Å²) >= 11 is 0. The molecule has 1 atom stereocenters. The molecule has 0 saturated heterocycles. The molecule has 0 amide bonds. The summed E-state index contributed by atoms with van der Waals surface area (Å²) in [4.78, 5) is 17.0. The van der Waals surface area contributed by atoms with Crippen LogP contribution in [-0.2, 0) is 32.6 Å². The molecule has 8 nitrogen and oxygen atoms in total. The van der Waals surface area contributed by atoms with Gasteiger partial charge in [0.15, 0.2) is 0 Å². The number of aryl methyl sites for hydroxylation is 1. The highest BCUT2D eigenvalue weighted by Gasteiger charge is 2.27. The third-order valence-electron chi connectivity index (χ3n) is 5.11. The SMILES string of the molecule is C=CCOC(=O)[C@@H](CC(C)C)NS(=O)(=O)c1ccc(Cn2c(C)nc3c2C=CNC3)cc1. The lowest BCUT2D eigenvalue weighted by Crippen LogP contribution is -2.42. The lowest BCUT2D eigenvalue weighted by atomic mass is 10.1. The minimum absolute atomic E-state index is 0.0342. The normalized spacial score (nSPS) is 14.0. The second-order valence-electron chi connectivity index (χ2n) is 8.16. The summed E-state index contributed by atoms with van der Waals surface area (Å²) in [5.41, 5.74) is 2.99. The average molecular weight is 459 g/mol. The zero-order valence-electron chi connectivity index (χ0n) is 18.7. The molecule has 172 valence electrons. The number of nitrogens with one attached hydrogen (secondary N) is 2. The number of benzene rings is 1. The van der Waals surface area contributed by atoms with E-state index < -0.39 is 22.0 Å². The van der Waals surface area contributed by atoms with E-state index in [-0.39, 0.29) is 17.4 Å². The topological polar surface area (TPSA) is 102 Å². The summed E-state index contributed by atoms with van der Waals surface area (Å²) in [6.45, 7) is 10.6. The number of aromatic nitrogens is 2. The molecule has 1 aromatic heterocycles. The summed E-state index contributed by atoms with van der Waals surface area (Å²) < 4.78 is 35.5. The van der Waals surface area contributed by atoms with E-state index in [0.717, 1.165) is 22.8 Å². The van der Waals surface area contributed by atoms with Crippen molar-refractivity contribution < 1.29 is 17.9 Å². The molecule has 0 spiro atoms. The van der Waals surface area contributed by atoms with Gasteiger partial charge >= 0.3 is 5.97 Å². The summed E-state index contributed by atoms with van der Waals surface area (Å²) in [5, 5.41) is 3.15. The van der Waals surface area contributed by atoms with Crippen molar-refractivity contribution in [2.75, 3.05) is 6.61 Å². The Labute approximate surface area is 189 Å². The Balaban J connectivity index is 1.75. The fraction of sp³-hybridized carbons (Fsp3) is 0.391. The number of esters is 1. The van der Waals surface area contributed by atoms with Crippen LogP contribution in [0.4, 0.5) is 0 Å². The first kappa shape index (κ1) is 23.7. The predicted octanol–water partition coefficient (Wildman–Crippen LogP) is 2.74. The second kappa shape index (κ2) is 10.1. The highest BCUT2D eigenvalue weighted by atomic mass is 32.2. The molecule has 0 unspecified atom stereocenters. The first-order valence-corrected chi connectivity index (χ1v) is 12.0. The van der Waals surface area contributed by atoms with E-state index in [0.29, 0.717) is 19.5 Å². The van der Waals surface area contributed by atoms with Gasteiger partial charge in [0.05, 0.1) is 22.8 Å². The number of ether oxygens (including phenoxy) is 1. The smallest absolute Gasteiger partial charge is 0.324 e. The molecule has 1 aliphatic heterocycles. The van der Waals surface area contributed by atoms with Gasteiger partial charge in [0.2, 0.25) is 10.0 Å². The highest BCUT2D eigenvalue weighted by molar-refractivity contribution is 7.89. The molecule has 0 saturated carbocycles. The summed E-state index contributed by atoms with van der Waals surface area (Å²) in [7, 11) is -3.89. The van der Waals surface area contributed by atoms with Crippen molar-refractivity contribution >= 4 is 22.1 Å². The Kier molecular flexibility index (Phi) is 7.52. The zero-order valence-corrected chi connectivity index (χ0v) is 19.5. The third kappa shape index (κ3) is 5.66. The number of nitrogens with zero attached hydrogens (tertiary/aromatic N) is 2. The molecule has 0 radical (unpaired) electrons. The largest absolute Gasteiger partial charge is 0.460 e. The number of sulfonamides is 1. The molecule has 1 aliphatic rings. The maximum atomic E-state index is 12.9. The van der Waals surface area contributed by atoms with Gasteiger partial charge in [-0.05, 0) is 49.2 Å². The Bertz CT molecular complexity index is 1100. The lowest BCUT2D eigenvalue weighted by Gasteiger charge is -2.19. The van der Waals surface area contributed by atoms with Gasteiger partial charge in [-0.3, -0.25) is 4.79 Å². The van der Waals surface area contributed by atoms with E-state index in [4.69, 9.17) is 4.74 Å². The van der Waals surface area contributed by atoms with Crippen LogP contribution in [0, 0.1) is 12.8 Å². The van der Waals surface area contributed by atoms with Gasteiger partial charge in [0.1, 0.15) is 18.5 Å². The monoisotopic (exact) mass is 458 g/mol. The first-order chi connectivity index (χ1) is 15.2. The number of hydrogen-bond acceptors (Lipinski definition) is 6. The Hall–Kier alpha value is -2.91. The van der Waals surface area contributed by atoms with E-state index in [1.165, 1.54) is 6.08 Å². The van der Waals surface area contributed by atoms with Crippen molar-refractivity contribution in [3.05, 3.63) is 65.9 Å². The van der Waals surface area contributed by atoms with Crippen LogP contribution < -0.4 is 10.0 Å². The van der Waals surface area contributed by atoms with Crippen LogP contribution in [0.5, 0.6) is 0 Å². The van der Waals surface area contributed by atoms with Crippen molar-refractivity contribution in [3.63, 3.8) is 0 Å². The van der Waals surface area contributed by atoms with Gasteiger partial charge in [-0.25, -0.2) is 13.4 Å². The van der Waals surface area contributed by atoms with Gasteiger partial charge in [0, 0.05) is 6.54 Å². The quantitative estimate of drug-likeness (QED) is 0.419. The highest BCUT2D eigenvalue weighted by Crippen LogP contribution is 2.20. The van der Waals surface area contributed by atoms with Crippen molar-refractivity contribution in [1.82, 2.24) is 19.6 Å². The molecular formula is C23H30N4O4S. The summed E-state index contributed by atoms with van der Waals surface area (Å²) in [6.07, 6.45) is 5.67. The fourth-order valence-electron chi connectivity index (χ4n) is 3.57. The predicted molar refractivity (Wildman–Crippen MR) is 123 cm³/mol. The van der Waals surface area contributed by atoms with Crippen LogP contribution in [0.1, 0.15) is 43.0 Å². The minimum Gasteiger partial charge on any atom is -0.460 e. The van der Waals surface area contributed by atoms with E-state index in [9.17, 15) is 13.2 Å². The van der Waals surface area contributed by atoms with E-state index in [2.05, 4.69) is 26.2 Å². The van der Waals surface area contributed by atoms with Gasteiger partial charge < -0.3 is 14.6 Å². The maximum Gasteiger partial charge on any atom is 0.324 e. The average Bonchev–Trinajstić information content (AvgIpc) is 3.06. The number of fused-ring (bicyclic) bond motifs is 1. The number of carbonyl (C=O) groups excluding carboxylic acids is 1. The number of carbonyl (C=O) groups is 1. The lowest BCUT2D eigenvalue weighted by molar-refractivity contribution is -0.144. The maximum absolute atomic E-state index is 12.9. The molecule has 2 aromatic rings. The molecule has 9 heteroatoms. The van der Waals surface area contributed by atoms with Crippen LogP contribution in [-0.4, -0.2) is 36.6 Å². The molecule has 0 fully saturated rings. The molecule has 0 bridgehead atoms. The Morgan fingerprint density at radius 1 is 1.34 bits per heavy atom. The zero-order chi connectivity index (χ0) is 23.3. The standard InChI is InChI=1S/C23H30N4O4S/c1-5-12-31-23(28)20(13-16(2)3)26-32(29,30)19-8-6-18(7-9-19)15-27-17(4)25-21-14-24-11-10-22(21)27/h5-11,16,20,24,26H,1,12-15H2,2-4H3/t20-/m1/s1. The van der Waals surface area contributed by atoms with Crippen molar-refractivity contribution in [3.8, 4) is 0 Å². The van der Waals surface area contributed by atoms with Crippen molar-refractivity contribution in [2.24, 2.45) is 5.92 Å². The molecule has 2 N–H and O–H groups in total. The fourth-order valence-corrected chi connectivity index (χ4v) is 4.77. The Morgan fingerprint density at radius 3 is 2.72 bits per heavy atom. The van der Waals surface area contributed by atoms with Crippen LogP contribution >= 0.6 is 0 Å².